The Morgan fingerprint density at radius 1 is 0.920 bits per heavy atom. The van der Waals surface area contributed by atoms with Gasteiger partial charge in [-0.1, -0.05) is 26.7 Å². The second-order valence-corrected chi connectivity index (χ2v) is 9.54. The molecule has 3 nitrogen and oxygen atoms in total. The number of nitrogens with zero attached hydrogens (tertiary/aromatic N) is 1. The molecule has 0 aromatic heterocycles. The average Bonchev–Trinajstić information content (AvgIpc) is 2.55. The van der Waals surface area contributed by atoms with Crippen LogP contribution in [0.15, 0.2) is 0 Å². The van der Waals surface area contributed by atoms with Gasteiger partial charge in [0, 0.05) is 18.6 Å². The zero-order valence-corrected chi connectivity index (χ0v) is 17.3. The van der Waals surface area contributed by atoms with Gasteiger partial charge in [0.1, 0.15) is 0 Å². The summed E-state index contributed by atoms with van der Waals surface area (Å²) in [6, 6.07) is 0. The monoisotopic (exact) mass is 365 g/mol. The molecule has 0 saturated heterocycles. The van der Waals surface area contributed by atoms with Gasteiger partial charge in [-0.3, -0.25) is 0 Å². The predicted octanol–water partition coefficient (Wildman–Crippen LogP) is 4.32. The molecule has 0 radical (unpaired) electrons. The van der Waals surface area contributed by atoms with Gasteiger partial charge in [0.25, 0.3) is 0 Å². The fourth-order valence-corrected chi connectivity index (χ4v) is 6.29. The number of thiocarbonyl (C=S) groups is 1. The number of hydrogen-bond donors (Lipinski definition) is 2. The summed E-state index contributed by atoms with van der Waals surface area (Å²) in [7, 11) is 0. The second kappa shape index (κ2) is 9.03. The standard InChI is InChI=1S/C21H39N3S/c1-3-5-8-24(9-6-4-2)10-7-22-20(25)23-21-14-17-11-18(15-21)13-19(12-17)16-21/h17-19H,3-16H2,1-2H3,(H2,22,23,25). The summed E-state index contributed by atoms with van der Waals surface area (Å²) < 4.78 is 0. The van der Waals surface area contributed by atoms with E-state index in [-0.39, 0.29) is 0 Å². The highest BCUT2D eigenvalue weighted by molar-refractivity contribution is 7.80. The SMILES string of the molecule is CCCCN(CCCC)CCNC(=S)NC12CC3CC(CC(C3)C1)C2. The molecule has 144 valence electrons. The van der Waals surface area contributed by atoms with E-state index in [0.29, 0.717) is 5.54 Å². The van der Waals surface area contributed by atoms with E-state index in [1.807, 2.05) is 0 Å². The van der Waals surface area contributed by atoms with Crippen molar-refractivity contribution < 1.29 is 0 Å². The van der Waals surface area contributed by atoms with Crippen LogP contribution < -0.4 is 10.6 Å². The van der Waals surface area contributed by atoms with Crippen LogP contribution in [0.3, 0.4) is 0 Å². The van der Waals surface area contributed by atoms with Crippen LogP contribution in [0.25, 0.3) is 0 Å². The van der Waals surface area contributed by atoms with Gasteiger partial charge in [-0.15, -0.1) is 0 Å². The lowest BCUT2D eigenvalue weighted by atomic mass is 9.53. The maximum absolute atomic E-state index is 5.68. The molecule has 0 aromatic rings. The fraction of sp³-hybridized carbons (Fsp3) is 0.952. The van der Waals surface area contributed by atoms with Crippen molar-refractivity contribution in [2.24, 2.45) is 17.8 Å². The van der Waals surface area contributed by atoms with Crippen molar-refractivity contribution in [3.05, 3.63) is 0 Å². The molecule has 0 unspecified atom stereocenters. The van der Waals surface area contributed by atoms with E-state index in [1.54, 1.807) is 0 Å². The molecule has 0 aromatic carbocycles. The van der Waals surface area contributed by atoms with Crippen LogP contribution in [-0.4, -0.2) is 41.7 Å². The van der Waals surface area contributed by atoms with E-state index in [1.165, 1.54) is 77.3 Å². The normalized spacial score (nSPS) is 33.0. The van der Waals surface area contributed by atoms with Gasteiger partial charge in [0.05, 0.1) is 0 Å². The van der Waals surface area contributed by atoms with E-state index in [9.17, 15) is 0 Å². The molecular weight excluding hydrogens is 326 g/mol. The van der Waals surface area contributed by atoms with Crippen molar-refractivity contribution in [1.82, 2.24) is 15.5 Å². The van der Waals surface area contributed by atoms with Crippen molar-refractivity contribution in [2.75, 3.05) is 26.2 Å². The molecule has 0 heterocycles. The van der Waals surface area contributed by atoms with Crippen LogP contribution in [0.2, 0.25) is 0 Å². The Kier molecular flexibility index (Phi) is 7.01. The molecule has 25 heavy (non-hydrogen) atoms. The molecule has 0 amide bonds. The van der Waals surface area contributed by atoms with E-state index in [4.69, 9.17) is 12.2 Å². The minimum Gasteiger partial charge on any atom is -0.361 e. The van der Waals surface area contributed by atoms with Gasteiger partial charge >= 0.3 is 0 Å². The zero-order valence-electron chi connectivity index (χ0n) is 16.5. The fourth-order valence-electron chi connectivity index (χ4n) is 5.98. The summed E-state index contributed by atoms with van der Waals surface area (Å²) in [4.78, 5) is 2.60. The number of rotatable bonds is 10. The minimum absolute atomic E-state index is 0.336. The molecule has 4 heteroatoms. The largest absolute Gasteiger partial charge is 0.361 e. The lowest BCUT2D eigenvalue weighted by molar-refractivity contribution is -0.0101. The lowest BCUT2D eigenvalue weighted by Gasteiger charge is -2.57. The molecule has 4 fully saturated rings. The van der Waals surface area contributed by atoms with Crippen LogP contribution in [0, 0.1) is 17.8 Å². The highest BCUT2D eigenvalue weighted by atomic mass is 32.1. The third-order valence-corrected chi connectivity index (χ3v) is 7.03. The van der Waals surface area contributed by atoms with E-state index < -0.39 is 0 Å². The van der Waals surface area contributed by atoms with Crippen LogP contribution in [0.5, 0.6) is 0 Å². The quantitative estimate of drug-likeness (QED) is 0.564. The van der Waals surface area contributed by atoms with Gasteiger partial charge in [-0.25, -0.2) is 0 Å². The first kappa shape index (κ1) is 19.4. The van der Waals surface area contributed by atoms with Crippen molar-refractivity contribution in [3.63, 3.8) is 0 Å². The molecule has 2 N–H and O–H groups in total. The molecular formula is C21H39N3S. The molecule has 4 rings (SSSR count). The number of unbranched alkanes of at least 4 members (excludes halogenated alkanes) is 2. The molecule has 4 saturated carbocycles. The summed E-state index contributed by atoms with van der Waals surface area (Å²) in [5.41, 5.74) is 0.336. The lowest BCUT2D eigenvalue weighted by Crippen LogP contribution is -2.61. The van der Waals surface area contributed by atoms with Gasteiger partial charge in [-0.2, -0.15) is 0 Å². The van der Waals surface area contributed by atoms with Gasteiger partial charge in [-0.05, 0) is 94.4 Å². The second-order valence-electron chi connectivity index (χ2n) is 9.13. The molecule has 4 aliphatic rings. The Bertz CT molecular complexity index is 394. The third-order valence-electron chi connectivity index (χ3n) is 6.79. The average molecular weight is 366 g/mol. The summed E-state index contributed by atoms with van der Waals surface area (Å²) in [6.07, 6.45) is 13.7. The summed E-state index contributed by atoms with van der Waals surface area (Å²) in [6.45, 7) is 9.11. The first-order valence-electron chi connectivity index (χ1n) is 10.9. The Labute approximate surface area is 160 Å². The zero-order chi connectivity index (χ0) is 17.7. The van der Waals surface area contributed by atoms with E-state index in [0.717, 1.165) is 36.0 Å². The van der Waals surface area contributed by atoms with Crippen molar-refractivity contribution in [2.45, 2.75) is 83.6 Å². The Morgan fingerprint density at radius 2 is 1.44 bits per heavy atom. The molecule has 0 aliphatic heterocycles. The number of nitrogens with one attached hydrogen (secondary N) is 2. The topological polar surface area (TPSA) is 27.3 Å². The maximum atomic E-state index is 5.68. The smallest absolute Gasteiger partial charge is 0.166 e. The van der Waals surface area contributed by atoms with Gasteiger partial charge in [0.15, 0.2) is 5.11 Å². The van der Waals surface area contributed by atoms with E-state index in [2.05, 4.69) is 29.4 Å². The highest BCUT2D eigenvalue weighted by Crippen LogP contribution is 2.55. The Balaban J connectivity index is 1.40. The van der Waals surface area contributed by atoms with Crippen LogP contribution >= 0.6 is 12.2 Å². The van der Waals surface area contributed by atoms with Gasteiger partial charge < -0.3 is 15.5 Å². The molecule has 0 atom stereocenters. The summed E-state index contributed by atoms with van der Waals surface area (Å²) in [5.74, 6) is 2.92. The Hall–Kier alpha value is -0.350. The molecule has 0 spiro atoms. The van der Waals surface area contributed by atoms with E-state index >= 15 is 0 Å². The van der Waals surface area contributed by atoms with Crippen molar-refractivity contribution >= 4 is 17.3 Å². The van der Waals surface area contributed by atoms with Gasteiger partial charge in [0.2, 0.25) is 0 Å². The summed E-state index contributed by atoms with van der Waals surface area (Å²) >= 11 is 5.68. The third kappa shape index (κ3) is 5.32. The highest BCUT2D eigenvalue weighted by Gasteiger charge is 2.51. The predicted molar refractivity (Wildman–Crippen MR) is 111 cm³/mol. The first-order valence-corrected chi connectivity index (χ1v) is 11.3. The van der Waals surface area contributed by atoms with Crippen molar-refractivity contribution in [1.29, 1.82) is 0 Å². The molecule has 4 bridgehead atoms. The van der Waals surface area contributed by atoms with Crippen LogP contribution in [0.4, 0.5) is 0 Å². The Morgan fingerprint density at radius 3 is 1.92 bits per heavy atom. The summed E-state index contributed by atoms with van der Waals surface area (Å²) in [5, 5.41) is 8.22. The maximum Gasteiger partial charge on any atom is 0.166 e. The van der Waals surface area contributed by atoms with Crippen molar-refractivity contribution in [3.8, 4) is 0 Å². The first-order chi connectivity index (χ1) is 12.1. The minimum atomic E-state index is 0.336. The molecule has 4 aliphatic carbocycles. The van der Waals surface area contributed by atoms with Crippen LogP contribution in [-0.2, 0) is 0 Å². The number of hydrogen-bond acceptors (Lipinski definition) is 2. The van der Waals surface area contributed by atoms with Crippen LogP contribution in [0.1, 0.15) is 78.1 Å².